The van der Waals surface area contributed by atoms with Crippen LogP contribution in [-0.2, 0) is 14.9 Å². The summed E-state index contributed by atoms with van der Waals surface area (Å²) >= 11 is 0. The van der Waals surface area contributed by atoms with Crippen molar-refractivity contribution >= 4 is 16.1 Å². The van der Waals surface area contributed by atoms with Crippen LogP contribution in [0.3, 0.4) is 0 Å². The molecule has 1 atom stereocenters. The standard InChI is InChI=1S/C17H34O5S.Na/c1-2-3-4-5-6-7-8-9-10-11-12-13-14-16(17(18)19)15-23(20,21)22;/h16H,2-15H2,1H3,(H,18,19)(H,20,21,22);/q;+1/p-1. The van der Waals surface area contributed by atoms with Crippen molar-refractivity contribution in [3.63, 3.8) is 0 Å². The van der Waals surface area contributed by atoms with E-state index < -0.39 is 27.8 Å². The number of hydrogen-bond acceptors (Lipinski definition) is 4. The Morgan fingerprint density at radius 2 is 1.25 bits per heavy atom. The molecule has 0 aromatic carbocycles. The summed E-state index contributed by atoms with van der Waals surface area (Å²) in [7, 11) is -4.26. The summed E-state index contributed by atoms with van der Waals surface area (Å²) in [6, 6.07) is 0. The number of carbonyl (C=O) groups is 1. The molecule has 0 aromatic rings. The van der Waals surface area contributed by atoms with E-state index in [1.54, 1.807) is 0 Å². The van der Waals surface area contributed by atoms with Gasteiger partial charge in [0.15, 0.2) is 0 Å². The maximum Gasteiger partial charge on any atom is 1.00 e. The normalized spacial score (nSPS) is 12.6. The minimum Gasteiger partial charge on any atom is -0.550 e. The minimum atomic E-state index is -4.26. The van der Waals surface area contributed by atoms with Crippen LogP contribution >= 0.6 is 0 Å². The Kier molecular flexibility index (Phi) is 18.7. The molecule has 5 nitrogen and oxygen atoms in total. The molecule has 0 saturated heterocycles. The number of carboxylic acids is 1. The predicted octanol–water partition coefficient (Wildman–Crippen LogP) is 0.336. The van der Waals surface area contributed by atoms with Crippen molar-refractivity contribution in [3.05, 3.63) is 0 Å². The van der Waals surface area contributed by atoms with Gasteiger partial charge < -0.3 is 9.90 Å². The molecule has 0 rings (SSSR count). The van der Waals surface area contributed by atoms with Gasteiger partial charge in [-0.2, -0.15) is 8.42 Å². The quantitative estimate of drug-likeness (QED) is 0.239. The van der Waals surface area contributed by atoms with Crippen molar-refractivity contribution in [2.75, 3.05) is 5.75 Å². The van der Waals surface area contributed by atoms with Crippen LogP contribution in [0.15, 0.2) is 0 Å². The van der Waals surface area contributed by atoms with Gasteiger partial charge in [0.2, 0.25) is 0 Å². The minimum absolute atomic E-state index is 0. The molecular formula is C17H33NaO5S. The van der Waals surface area contributed by atoms with Crippen LogP contribution in [0.1, 0.15) is 90.4 Å². The monoisotopic (exact) mass is 372 g/mol. The molecule has 0 radical (unpaired) electrons. The zero-order chi connectivity index (χ0) is 17.6. The van der Waals surface area contributed by atoms with E-state index in [0.717, 1.165) is 19.3 Å². The molecule has 0 aliphatic heterocycles. The Labute approximate surface area is 170 Å². The SMILES string of the molecule is CCCCCCCCCCCCCCC(CS(=O)(=O)O)C(=O)[O-].[Na+]. The third-order valence-electron chi connectivity index (χ3n) is 4.15. The molecular weight excluding hydrogens is 339 g/mol. The Balaban J connectivity index is 0. The van der Waals surface area contributed by atoms with Gasteiger partial charge in [-0.25, -0.2) is 0 Å². The first kappa shape index (κ1) is 26.6. The Morgan fingerprint density at radius 3 is 1.58 bits per heavy atom. The van der Waals surface area contributed by atoms with Crippen molar-refractivity contribution in [3.8, 4) is 0 Å². The van der Waals surface area contributed by atoms with Gasteiger partial charge in [-0.3, -0.25) is 4.55 Å². The third-order valence-corrected chi connectivity index (χ3v) is 4.97. The number of carbonyl (C=O) groups excluding carboxylic acids is 1. The van der Waals surface area contributed by atoms with Crippen LogP contribution in [0, 0.1) is 5.92 Å². The fraction of sp³-hybridized carbons (Fsp3) is 0.941. The summed E-state index contributed by atoms with van der Waals surface area (Å²) in [5.74, 6) is -3.24. The van der Waals surface area contributed by atoms with E-state index >= 15 is 0 Å². The second-order valence-electron chi connectivity index (χ2n) is 6.44. The van der Waals surface area contributed by atoms with E-state index in [0.29, 0.717) is 6.42 Å². The first-order valence-electron chi connectivity index (χ1n) is 9.03. The van der Waals surface area contributed by atoms with Crippen LogP contribution in [0.2, 0.25) is 0 Å². The fourth-order valence-corrected chi connectivity index (χ4v) is 3.57. The van der Waals surface area contributed by atoms with E-state index in [9.17, 15) is 18.3 Å². The van der Waals surface area contributed by atoms with Gasteiger partial charge in [0.1, 0.15) is 0 Å². The van der Waals surface area contributed by atoms with Crippen LogP contribution in [0.4, 0.5) is 0 Å². The molecule has 7 heteroatoms. The third kappa shape index (κ3) is 18.7. The summed E-state index contributed by atoms with van der Waals surface area (Å²) in [6.07, 6.45) is 14.4. The molecule has 1 unspecified atom stereocenters. The maximum absolute atomic E-state index is 10.8. The van der Waals surface area contributed by atoms with Crippen molar-refractivity contribution in [1.82, 2.24) is 0 Å². The molecule has 0 spiro atoms. The predicted molar refractivity (Wildman–Crippen MR) is 90.6 cm³/mol. The van der Waals surface area contributed by atoms with E-state index in [4.69, 9.17) is 4.55 Å². The zero-order valence-electron chi connectivity index (χ0n) is 15.5. The first-order valence-corrected chi connectivity index (χ1v) is 10.6. The zero-order valence-corrected chi connectivity index (χ0v) is 18.3. The number of carboxylic acid groups (broad SMARTS) is 1. The van der Waals surface area contributed by atoms with Crippen LogP contribution in [0.5, 0.6) is 0 Å². The average molecular weight is 373 g/mol. The van der Waals surface area contributed by atoms with Gasteiger partial charge in [0, 0.05) is 11.9 Å². The summed E-state index contributed by atoms with van der Waals surface area (Å²) in [5, 5.41) is 10.8. The number of hydrogen-bond donors (Lipinski definition) is 1. The molecule has 0 aliphatic rings. The number of rotatable bonds is 16. The Morgan fingerprint density at radius 1 is 0.875 bits per heavy atom. The van der Waals surface area contributed by atoms with Gasteiger partial charge in [-0.05, 0) is 6.42 Å². The van der Waals surface area contributed by atoms with Crippen molar-refractivity contribution in [1.29, 1.82) is 0 Å². The largest absolute Gasteiger partial charge is 1.00 e. The molecule has 138 valence electrons. The molecule has 0 bridgehead atoms. The molecule has 0 aliphatic carbocycles. The smallest absolute Gasteiger partial charge is 0.550 e. The van der Waals surface area contributed by atoms with Gasteiger partial charge >= 0.3 is 29.6 Å². The van der Waals surface area contributed by atoms with Crippen LogP contribution in [0.25, 0.3) is 0 Å². The van der Waals surface area contributed by atoms with E-state index in [-0.39, 0.29) is 36.0 Å². The summed E-state index contributed by atoms with van der Waals surface area (Å²) in [4.78, 5) is 10.8. The van der Waals surface area contributed by atoms with E-state index in [1.807, 2.05) is 0 Å². The molecule has 0 saturated carbocycles. The van der Waals surface area contributed by atoms with Crippen molar-refractivity contribution < 1.29 is 52.4 Å². The van der Waals surface area contributed by atoms with Crippen molar-refractivity contribution in [2.24, 2.45) is 5.92 Å². The van der Waals surface area contributed by atoms with E-state index in [1.165, 1.54) is 51.4 Å². The van der Waals surface area contributed by atoms with Crippen molar-refractivity contribution in [2.45, 2.75) is 90.4 Å². The molecule has 0 fully saturated rings. The van der Waals surface area contributed by atoms with Gasteiger partial charge in [0.05, 0.1) is 5.75 Å². The number of unbranched alkanes of at least 4 members (excludes halogenated alkanes) is 11. The fourth-order valence-electron chi connectivity index (χ4n) is 2.76. The average Bonchev–Trinajstić information content (AvgIpc) is 2.45. The molecule has 0 amide bonds. The Bertz CT molecular complexity index is 398. The first-order chi connectivity index (χ1) is 10.9. The molecule has 24 heavy (non-hydrogen) atoms. The van der Waals surface area contributed by atoms with Gasteiger partial charge in [0.25, 0.3) is 10.1 Å². The van der Waals surface area contributed by atoms with Crippen LogP contribution < -0.4 is 34.7 Å². The second-order valence-corrected chi connectivity index (χ2v) is 7.94. The maximum atomic E-state index is 10.8. The second kappa shape index (κ2) is 16.8. The summed E-state index contributed by atoms with van der Waals surface area (Å²) in [6.45, 7) is 2.22. The molecule has 0 aromatic heterocycles. The number of aliphatic carboxylic acids is 1. The van der Waals surface area contributed by atoms with E-state index in [2.05, 4.69) is 6.92 Å². The van der Waals surface area contributed by atoms with Crippen LogP contribution in [-0.4, -0.2) is 24.7 Å². The Hall–Kier alpha value is 0.380. The van der Waals surface area contributed by atoms with Gasteiger partial charge in [-0.15, -0.1) is 0 Å². The van der Waals surface area contributed by atoms with Gasteiger partial charge in [-0.1, -0.05) is 84.0 Å². The molecule has 0 heterocycles. The summed E-state index contributed by atoms with van der Waals surface area (Å²) in [5.41, 5.74) is 0. The summed E-state index contributed by atoms with van der Waals surface area (Å²) < 4.78 is 30.2. The topological polar surface area (TPSA) is 94.5 Å². The molecule has 1 N–H and O–H groups in total.